The van der Waals surface area contributed by atoms with Gasteiger partial charge in [0.25, 0.3) is 0 Å². The van der Waals surface area contributed by atoms with Crippen LogP contribution in [0.4, 0.5) is 0 Å². The van der Waals surface area contributed by atoms with E-state index in [-0.39, 0.29) is 5.54 Å². The predicted octanol–water partition coefficient (Wildman–Crippen LogP) is 1.08. The van der Waals surface area contributed by atoms with Gasteiger partial charge in [-0.3, -0.25) is 4.90 Å². The summed E-state index contributed by atoms with van der Waals surface area (Å²) in [6, 6.07) is 1.68. The second kappa shape index (κ2) is 4.28. The fraction of sp³-hybridized carbons (Fsp3) is 1.00. The number of hydrogen-bond donors (Lipinski definition) is 2. The van der Waals surface area contributed by atoms with Crippen molar-refractivity contribution in [2.24, 2.45) is 5.73 Å². The van der Waals surface area contributed by atoms with Crippen molar-refractivity contribution in [2.45, 2.75) is 62.6 Å². The normalized spacial score (nSPS) is 33.9. The monoisotopic (exact) mass is 223 g/mol. The highest BCUT2D eigenvalue weighted by atomic mass is 15.2. The van der Waals surface area contributed by atoms with E-state index in [9.17, 15) is 0 Å². The fourth-order valence-corrected chi connectivity index (χ4v) is 3.13. The maximum Gasteiger partial charge on any atom is 0.0207 e. The highest BCUT2D eigenvalue weighted by molar-refractivity contribution is 4.95. The van der Waals surface area contributed by atoms with Crippen molar-refractivity contribution in [1.29, 1.82) is 0 Å². The topological polar surface area (TPSA) is 41.3 Å². The SMILES string of the molecule is NC1(CCNC2CCN(C3CC3)C2)CCC1. The largest absolute Gasteiger partial charge is 0.325 e. The summed E-state index contributed by atoms with van der Waals surface area (Å²) in [5.41, 5.74) is 6.42. The molecule has 0 aromatic heterocycles. The number of nitrogens with zero attached hydrogens (tertiary/aromatic N) is 1. The van der Waals surface area contributed by atoms with Gasteiger partial charge < -0.3 is 11.1 Å². The first kappa shape index (κ1) is 11.0. The zero-order chi connectivity index (χ0) is 11.0. The lowest BCUT2D eigenvalue weighted by molar-refractivity contribution is 0.226. The third kappa shape index (κ3) is 2.41. The van der Waals surface area contributed by atoms with Crippen LogP contribution >= 0.6 is 0 Å². The molecule has 3 rings (SSSR count). The van der Waals surface area contributed by atoms with Crippen molar-refractivity contribution in [1.82, 2.24) is 10.2 Å². The summed E-state index contributed by atoms with van der Waals surface area (Å²) in [5.74, 6) is 0. The number of nitrogens with one attached hydrogen (secondary N) is 1. The zero-order valence-electron chi connectivity index (χ0n) is 10.3. The molecular formula is C13H25N3. The van der Waals surface area contributed by atoms with E-state index in [0.717, 1.165) is 18.6 Å². The molecule has 1 atom stereocenters. The minimum absolute atomic E-state index is 0.196. The van der Waals surface area contributed by atoms with Crippen LogP contribution in [0.15, 0.2) is 0 Å². The Kier molecular flexibility index (Phi) is 2.94. The number of nitrogens with two attached hydrogens (primary N) is 1. The summed E-state index contributed by atoms with van der Waals surface area (Å²) >= 11 is 0. The van der Waals surface area contributed by atoms with Gasteiger partial charge in [-0.25, -0.2) is 0 Å². The van der Waals surface area contributed by atoms with Gasteiger partial charge in [0, 0.05) is 30.7 Å². The van der Waals surface area contributed by atoms with Gasteiger partial charge in [0.15, 0.2) is 0 Å². The van der Waals surface area contributed by atoms with Gasteiger partial charge in [0.2, 0.25) is 0 Å². The van der Waals surface area contributed by atoms with Gasteiger partial charge in [-0.05, 0) is 51.5 Å². The quantitative estimate of drug-likeness (QED) is 0.733. The zero-order valence-corrected chi connectivity index (χ0v) is 10.3. The summed E-state index contributed by atoms with van der Waals surface area (Å²) in [4.78, 5) is 2.67. The molecule has 0 aromatic rings. The Balaban J connectivity index is 1.33. The smallest absolute Gasteiger partial charge is 0.0207 e. The van der Waals surface area contributed by atoms with Crippen LogP contribution in [0.25, 0.3) is 0 Å². The van der Waals surface area contributed by atoms with E-state index < -0.39 is 0 Å². The van der Waals surface area contributed by atoms with Crippen LogP contribution in [-0.2, 0) is 0 Å². The highest BCUT2D eigenvalue weighted by Gasteiger charge is 2.35. The molecule has 1 unspecified atom stereocenters. The predicted molar refractivity (Wildman–Crippen MR) is 66.4 cm³/mol. The van der Waals surface area contributed by atoms with Crippen LogP contribution in [0.2, 0.25) is 0 Å². The molecule has 1 heterocycles. The second-order valence-corrected chi connectivity index (χ2v) is 6.13. The standard InChI is InChI=1S/C13H25N3/c14-13(5-1-6-13)7-8-15-11-4-9-16(10-11)12-2-3-12/h11-12,15H,1-10,14H2. The number of hydrogen-bond acceptors (Lipinski definition) is 3. The van der Waals surface area contributed by atoms with Crippen molar-refractivity contribution in [3.63, 3.8) is 0 Å². The summed E-state index contributed by atoms with van der Waals surface area (Å²) in [7, 11) is 0. The molecule has 16 heavy (non-hydrogen) atoms. The maximum absolute atomic E-state index is 6.22. The van der Waals surface area contributed by atoms with Crippen LogP contribution < -0.4 is 11.1 Å². The molecule has 0 aromatic carbocycles. The molecule has 3 fully saturated rings. The van der Waals surface area contributed by atoms with Crippen LogP contribution in [0, 0.1) is 0 Å². The summed E-state index contributed by atoms with van der Waals surface area (Å²) in [6.07, 6.45) is 9.23. The minimum Gasteiger partial charge on any atom is -0.325 e. The molecule has 0 amide bonds. The van der Waals surface area contributed by atoms with Crippen LogP contribution in [0.1, 0.15) is 44.9 Å². The van der Waals surface area contributed by atoms with Gasteiger partial charge in [0.1, 0.15) is 0 Å². The van der Waals surface area contributed by atoms with E-state index in [4.69, 9.17) is 5.73 Å². The molecule has 0 bridgehead atoms. The first-order valence-corrected chi connectivity index (χ1v) is 7.02. The molecule has 1 saturated heterocycles. The van der Waals surface area contributed by atoms with Crippen LogP contribution in [0.5, 0.6) is 0 Å². The lowest BCUT2D eigenvalue weighted by atomic mass is 9.75. The molecule has 0 spiro atoms. The molecule has 0 radical (unpaired) electrons. The Morgan fingerprint density at radius 1 is 1.25 bits per heavy atom. The molecule has 2 saturated carbocycles. The van der Waals surface area contributed by atoms with Crippen molar-refractivity contribution in [2.75, 3.05) is 19.6 Å². The average molecular weight is 223 g/mol. The van der Waals surface area contributed by atoms with Gasteiger partial charge in [-0.2, -0.15) is 0 Å². The lowest BCUT2D eigenvalue weighted by Gasteiger charge is -2.38. The summed E-state index contributed by atoms with van der Waals surface area (Å²) in [6.45, 7) is 3.72. The van der Waals surface area contributed by atoms with E-state index in [2.05, 4.69) is 10.2 Å². The van der Waals surface area contributed by atoms with Crippen molar-refractivity contribution in [3.05, 3.63) is 0 Å². The Morgan fingerprint density at radius 2 is 2.06 bits per heavy atom. The molecule has 92 valence electrons. The first-order valence-electron chi connectivity index (χ1n) is 7.02. The number of rotatable bonds is 5. The van der Waals surface area contributed by atoms with Crippen LogP contribution in [-0.4, -0.2) is 42.2 Å². The van der Waals surface area contributed by atoms with E-state index in [1.807, 2.05) is 0 Å². The molecule has 3 nitrogen and oxygen atoms in total. The Hall–Kier alpha value is -0.120. The minimum atomic E-state index is 0.196. The third-order valence-corrected chi connectivity index (χ3v) is 4.69. The molecule has 3 N–H and O–H groups in total. The van der Waals surface area contributed by atoms with Crippen molar-refractivity contribution < 1.29 is 0 Å². The summed E-state index contributed by atoms with van der Waals surface area (Å²) in [5, 5.41) is 3.70. The van der Waals surface area contributed by atoms with E-state index >= 15 is 0 Å². The van der Waals surface area contributed by atoms with Gasteiger partial charge in [-0.1, -0.05) is 0 Å². The lowest BCUT2D eigenvalue weighted by Crippen LogP contribution is -2.49. The first-order chi connectivity index (χ1) is 7.75. The molecular weight excluding hydrogens is 198 g/mol. The molecule has 3 heteroatoms. The van der Waals surface area contributed by atoms with E-state index in [0.29, 0.717) is 0 Å². The Labute approximate surface area is 98.8 Å². The van der Waals surface area contributed by atoms with Crippen molar-refractivity contribution >= 4 is 0 Å². The molecule has 2 aliphatic carbocycles. The van der Waals surface area contributed by atoms with E-state index in [1.54, 1.807) is 0 Å². The maximum atomic E-state index is 6.22. The van der Waals surface area contributed by atoms with Gasteiger partial charge in [0.05, 0.1) is 0 Å². The Morgan fingerprint density at radius 3 is 2.69 bits per heavy atom. The van der Waals surface area contributed by atoms with Crippen LogP contribution in [0.3, 0.4) is 0 Å². The number of likely N-dealkylation sites (tertiary alicyclic amines) is 1. The third-order valence-electron chi connectivity index (χ3n) is 4.69. The summed E-state index contributed by atoms with van der Waals surface area (Å²) < 4.78 is 0. The van der Waals surface area contributed by atoms with Gasteiger partial charge in [-0.15, -0.1) is 0 Å². The van der Waals surface area contributed by atoms with Crippen molar-refractivity contribution in [3.8, 4) is 0 Å². The Bertz CT molecular complexity index is 246. The fourth-order valence-electron chi connectivity index (χ4n) is 3.13. The second-order valence-electron chi connectivity index (χ2n) is 6.13. The molecule has 1 aliphatic heterocycles. The highest BCUT2D eigenvalue weighted by Crippen LogP contribution is 2.32. The van der Waals surface area contributed by atoms with Gasteiger partial charge >= 0.3 is 0 Å². The van der Waals surface area contributed by atoms with E-state index in [1.165, 1.54) is 58.0 Å². The molecule has 3 aliphatic rings. The average Bonchev–Trinajstić information content (AvgIpc) is 2.97.